The van der Waals surface area contributed by atoms with E-state index in [9.17, 15) is 29.1 Å². The van der Waals surface area contributed by atoms with E-state index in [-0.39, 0.29) is 90.6 Å². The highest BCUT2D eigenvalue weighted by molar-refractivity contribution is 6.35. The fourth-order valence-electron chi connectivity index (χ4n) is 8.62. The van der Waals surface area contributed by atoms with E-state index < -0.39 is 17.8 Å². The van der Waals surface area contributed by atoms with Crippen molar-refractivity contribution in [2.75, 3.05) is 89.6 Å². The summed E-state index contributed by atoms with van der Waals surface area (Å²) in [5.74, 6) is -0.726. The first-order valence-electron chi connectivity index (χ1n) is 22.4. The molecule has 352 valence electrons. The Morgan fingerprint density at radius 3 is 2.48 bits per heavy atom. The Labute approximate surface area is 391 Å². The molecule has 67 heavy (non-hydrogen) atoms. The summed E-state index contributed by atoms with van der Waals surface area (Å²) >= 11 is 6.87. The van der Waals surface area contributed by atoms with Crippen LogP contribution in [0.15, 0.2) is 60.7 Å². The van der Waals surface area contributed by atoms with Crippen LogP contribution in [0.1, 0.15) is 48.5 Å². The third kappa shape index (κ3) is 10.5. The summed E-state index contributed by atoms with van der Waals surface area (Å²) in [6.07, 6.45) is 0.978. The van der Waals surface area contributed by atoms with E-state index in [2.05, 4.69) is 15.6 Å². The van der Waals surface area contributed by atoms with Crippen LogP contribution < -0.4 is 20.3 Å². The minimum atomic E-state index is -0.684. The predicted octanol–water partition coefficient (Wildman–Crippen LogP) is 5.14. The van der Waals surface area contributed by atoms with E-state index in [0.717, 1.165) is 5.56 Å². The number of hydrogen-bond donors (Lipinski definition) is 3. The van der Waals surface area contributed by atoms with Gasteiger partial charge in [0.2, 0.25) is 29.6 Å². The number of halogens is 2. The van der Waals surface area contributed by atoms with Crippen molar-refractivity contribution in [2.24, 2.45) is 0 Å². The molecule has 5 aromatic rings. The Balaban J connectivity index is 0.809. The van der Waals surface area contributed by atoms with Crippen molar-refractivity contribution in [3.05, 3.63) is 82.6 Å². The van der Waals surface area contributed by atoms with Crippen LogP contribution in [0.4, 0.5) is 16.2 Å². The van der Waals surface area contributed by atoms with Crippen molar-refractivity contribution in [1.29, 1.82) is 0 Å². The van der Waals surface area contributed by atoms with Crippen LogP contribution in [-0.4, -0.2) is 145 Å². The van der Waals surface area contributed by atoms with Gasteiger partial charge in [0.1, 0.15) is 35.5 Å². The normalized spacial score (nSPS) is 16.1. The molecule has 0 spiro atoms. The molecule has 4 aromatic carbocycles. The molecule has 0 bridgehead atoms. The number of amides is 5. The molecule has 2 fully saturated rings. The van der Waals surface area contributed by atoms with Crippen LogP contribution >= 0.6 is 11.6 Å². The van der Waals surface area contributed by atoms with Crippen molar-refractivity contribution < 1.29 is 47.7 Å². The number of piperidine rings is 1. The summed E-state index contributed by atoms with van der Waals surface area (Å²) < 4.78 is 34.1. The summed E-state index contributed by atoms with van der Waals surface area (Å²) in [5, 5.41) is 17.9. The van der Waals surface area contributed by atoms with E-state index in [1.165, 1.54) is 11.0 Å². The molecule has 0 radical (unpaired) electrons. The maximum Gasteiger partial charge on any atom is 0.255 e. The van der Waals surface area contributed by atoms with E-state index in [1.807, 2.05) is 36.1 Å². The van der Waals surface area contributed by atoms with E-state index >= 15 is 4.39 Å². The third-order valence-corrected chi connectivity index (χ3v) is 12.5. The maximum absolute atomic E-state index is 16.9. The number of carbonyl (C=O) groups excluding carboxylic acids is 5. The molecule has 1 unspecified atom stereocenters. The Morgan fingerprint density at radius 1 is 0.940 bits per heavy atom. The quantitative estimate of drug-likeness (QED) is 0.0773. The number of likely N-dealkylation sites (N-methyl/N-ethyl adjacent to an activating group) is 1. The predicted molar refractivity (Wildman–Crippen MR) is 249 cm³/mol. The highest BCUT2D eigenvalue weighted by atomic mass is 35.5. The topological polar surface area (TPSA) is 196 Å². The molecule has 19 heteroatoms. The maximum atomic E-state index is 16.9. The number of aromatic hydroxyl groups is 1. The van der Waals surface area contributed by atoms with Crippen LogP contribution in [-0.2, 0) is 35.2 Å². The van der Waals surface area contributed by atoms with Gasteiger partial charge in [-0.25, -0.2) is 9.37 Å². The van der Waals surface area contributed by atoms with Gasteiger partial charge >= 0.3 is 0 Å². The number of piperazine rings is 1. The zero-order valence-electron chi connectivity index (χ0n) is 37.3. The molecule has 0 saturated carbocycles. The standard InChI is InChI=1S/C48H52ClFN8O9/c1-3-40(61)56-14-16-57(17-15-56)45-36-27-37(49)42(35-26-31(59)24-29-6-4-5-7-33(29)35)43(50)44(36)53-48(54-45)51-13-12-41(62)55(2)18-19-65-20-21-66-22-23-67-32-8-9-34-30(25-32)28-58(47(34)64)38-10-11-39(60)52-46(38)63/h4-9,24-27,38,59H,3,10-23,28H2,1-2H3,(H,51,53,54)(H,52,60,63). The zero-order chi connectivity index (χ0) is 47.2. The summed E-state index contributed by atoms with van der Waals surface area (Å²) in [7, 11) is 1.68. The number of benzene rings is 4. The highest BCUT2D eigenvalue weighted by Gasteiger charge is 2.39. The second-order valence-corrected chi connectivity index (χ2v) is 16.9. The van der Waals surface area contributed by atoms with Crippen LogP contribution in [0, 0.1) is 5.82 Å². The van der Waals surface area contributed by atoms with Crippen LogP contribution in [0.2, 0.25) is 5.02 Å². The number of anilines is 2. The molecule has 3 aliphatic heterocycles. The number of carbonyl (C=O) groups is 5. The van der Waals surface area contributed by atoms with Gasteiger partial charge in [0.25, 0.3) is 5.91 Å². The molecular formula is C48H52ClFN8O9. The first-order valence-corrected chi connectivity index (χ1v) is 22.8. The lowest BCUT2D eigenvalue weighted by atomic mass is 9.96. The Morgan fingerprint density at radius 2 is 1.70 bits per heavy atom. The molecule has 5 amide bonds. The van der Waals surface area contributed by atoms with Crippen molar-refractivity contribution in [2.45, 2.75) is 45.2 Å². The van der Waals surface area contributed by atoms with Crippen molar-refractivity contribution in [3.63, 3.8) is 0 Å². The second kappa shape index (κ2) is 20.9. The number of fused-ring (bicyclic) bond motifs is 3. The van der Waals surface area contributed by atoms with Crippen molar-refractivity contribution in [3.8, 4) is 22.6 Å². The monoisotopic (exact) mass is 938 g/mol. The number of ether oxygens (including phenoxy) is 3. The van der Waals surface area contributed by atoms with Gasteiger partial charge in [0.05, 0.1) is 31.5 Å². The fraction of sp³-hybridized carbons (Fsp3) is 0.396. The average Bonchev–Trinajstić information content (AvgIpc) is 3.64. The largest absolute Gasteiger partial charge is 0.508 e. The van der Waals surface area contributed by atoms with Gasteiger partial charge in [-0.1, -0.05) is 42.8 Å². The molecule has 2 saturated heterocycles. The molecule has 4 heterocycles. The van der Waals surface area contributed by atoms with Crippen LogP contribution in [0.3, 0.4) is 0 Å². The van der Waals surface area contributed by atoms with Gasteiger partial charge in [0, 0.05) is 88.6 Å². The number of aromatic nitrogens is 2. The minimum Gasteiger partial charge on any atom is -0.508 e. The molecule has 17 nitrogen and oxygen atoms in total. The highest BCUT2D eigenvalue weighted by Crippen LogP contribution is 2.42. The van der Waals surface area contributed by atoms with Gasteiger partial charge in [-0.15, -0.1) is 0 Å². The van der Waals surface area contributed by atoms with Crippen LogP contribution in [0.25, 0.3) is 32.8 Å². The third-order valence-electron chi connectivity index (χ3n) is 12.2. The lowest BCUT2D eigenvalue weighted by Crippen LogP contribution is -2.52. The molecule has 3 aliphatic rings. The Kier molecular flexibility index (Phi) is 14.6. The van der Waals surface area contributed by atoms with Gasteiger partial charge in [-0.3, -0.25) is 29.3 Å². The number of phenolic OH excluding ortho intramolecular Hbond substituents is 1. The van der Waals surface area contributed by atoms with Crippen molar-refractivity contribution in [1.82, 2.24) is 30.0 Å². The molecule has 8 rings (SSSR count). The zero-order valence-corrected chi connectivity index (χ0v) is 38.1. The first kappa shape index (κ1) is 46.9. The smallest absolute Gasteiger partial charge is 0.255 e. The van der Waals surface area contributed by atoms with E-state index in [0.29, 0.717) is 104 Å². The lowest BCUT2D eigenvalue weighted by Gasteiger charge is -2.36. The van der Waals surface area contributed by atoms with Crippen LogP contribution in [0.5, 0.6) is 11.5 Å². The number of phenols is 1. The van der Waals surface area contributed by atoms with E-state index in [1.54, 1.807) is 47.2 Å². The van der Waals surface area contributed by atoms with Crippen molar-refractivity contribution >= 4 is 74.6 Å². The number of hydrogen-bond acceptors (Lipinski definition) is 13. The second-order valence-electron chi connectivity index (χ2n) is 16.5. The SMILES string of the molecule is CCC(=O)N1CCN(c2nc(NCCC(=O)N(C)CCOCCOCCOc3ccc4c(c3)CN(C3CCC(=O)NC3=O)C4=O)nc3c(F)c(-c4cc(O)cc5ccccc45)c(Cl)cc23)CC1. The summed E-state index contributed by atoms with van der Waals surface area (Å²) in [6.45, 7) is 5.89. The van der Waals surface area contributed by atoms with Gasteiger partial charge in [-0.2, -0.15) is 4.98 Å². The minimum absolute atomic E-state index is 0.0166. The molecule has 3 N–H and O–H groups in total. The van der Waals surface area contributed by atoms with Gasteiger partial charge < -0.3 is 44.2 Å². The summed E-state index contributed by atoms with van der Waals surface area (Å²) in [4.78, 5) is 78.6. The number of imide groups is 1. The van der Waals surface area contributed by atoms with Gasteiger partial charge in [-0.05, 0) is 64.7 Å². The van der Waals surface area contributed by atoms with E-state index in [4.69, 9.17) is 30.8 Å². The Hall–Kier alpha value is -6.63. The summed E-state index contributed by atoms with van der Waals surface area (Å²) in [5.41, 5.74) is 1.77. The number of rotatable bonds is 18. The fourth-order valence-corrected chi connectivity index (χ4v) is 8.91. The first-order chi connectivity index (χ1) is 32.4. The summed E-state index contributed by atoms with van der Waals surface area (Å²) in [6, 6.07) is 16.5. The molecule has 1 atom stereocenters. The van der Waals surface area contributed by atoms with Gasteiger partial charge in [0.15, 0.2) is 5.82 Å². The molecule has 0 aliphatic carbocycles. The number of nitrogens with zero attached hydrogens (tertiary/aromatic N) is 6. The average molecular weight is 939 g/mol. The molecule has 1 aromatic heterocycles. The molecular weight excluding hydrogens is 887 g/mol. The lowest BCUT2D eigenvalue weighted by molar-refractivity contribution is -0.137. The Bertz CT molecular complexity index is 2720. The number of nitrogens with one attached hydrogen (secondary N) is 2.